The average molecular weight is 274 g/mol. The van der Waals surface area contributed by atoms with Crippen molar-refractivity contribution in [2.45, 2.75) is 39.5 Å². The normalized spacial score (nSPS) is 11.8. The minimum Gasteiger partial charge on any atom is -0.380 e. The quantitative estimate of drug-likeness (QED) is 0.909. The Labute approximate surface area is 120 Å². The summed E-state index contributed by atoms with van der Waals surface area (Å²) in [5.74, 6) is 0. The monoisotopic (exact) mass is 274 g/mol. The number of hydrogen-bond donors (Lipinski definition) is 1. The van der Waals surface area contributed by atoms with Gasteiger partial charge in [0.15, 0.2) is 0 Å². The van der Waals surface area contributed by atoms with Crippen molar-refractivity contribution in [1.29, 1.82) is 0 Å². The fourth-order valence-corrected chi connectivity index (χ4v) is 1.82. The van der Waals surface area contributed by atoms with Crippen LogP contribution in [0.5, 0.6) is 0 Å². The molecule has 5 heteroatoms. The molecule has 1 N–H and O–H groups in total. The van der Waals surface area contributed by atoms with Crippen LogP contribution in [0.4, 0.5) is 0 Å². The van der Waals surface area contributed by atoms with Crippen molar-refractivity contribution in [3.63, 3.8) is 0 Å². The fourth-order valence-electron chi connectivity index (χ4n) is 1.82. The molecule has 0 aliphatic carbocycles. The lowest BCUT2D eigenvalue weighted by Gasteiger charge is -2.19. The van der Waals surface area contributed by atoms with Crippen molar-refractivity contribution < 1.29 is 4.74 Å². The summed E-state index contributed by atoms with van der Waals surface area (Å²) in [4.78, 5) is 0. The van der Waals surface area contributed by atoms with Crippen molar-refractivity contribution in [1.82, 2.24) is 20.3 Å². The Morgan fingerprint density at radius 3 is 2.80 bits per heavy atom. The highest BCUT2D eigenvalue weighted by Gasteiger charge is 2.10. The van der Waals surface area contributed by atoms with Crippen LogP contribution in [0, 0.1) is 0 Å². The van der Waals surface area contributed by atoms with E-state index in [2.05, 4.69) is 42.5 Å². The van der Waals surface area contributed by atoms with Gasteiger partial charge in [0.2, 0.25) is 0 Å². The molecule has 0 atom stereocenters. The van der Waals surface area contributed by atoms with Gasteiger partial charge in [-0.15, -0.1) is 5.10 Å². The molecule has 0 amide bonds. The maximum absolute atomic E-state index is 5.14. The molecule has 0 saturated carbocycles. The minimum absolute atomic E-state index is 0.0716. The first-order valence-electron chi connectivity index (χ1n) is 6.72. The molecule has 0 spiro atoms. The summed E-state index contributed by atoms with van der Waals surface area (Å²) in [7, 11) is 1.69. The molecule has 0 unspecified atom stereocenters. The molecule has 1 aromatic heterocycles. The number of hydrogen-bond acceptors (Lipinski definition) is 4. The Hall–Kier alpha value is -1.72. The average Bonchev–Trinajstić information content (AvgIpc) is 2.85. The minimum atomic E-state index is 0.0716. The van der Waals surface area contributed by atoms with Gasteiger partial charge in [0, 0.05) is 19.2 Å². The number of aromatic nitrogens is 3. The molecule has 0 aliphatic heterocycles. The predicted molar refractivity (Wildman–Crippen MR) is 78.7 cm³/mol. The second-order valence-corrected chi connectivity index (χ2v) is 5.86. The van der Waals surface area contributed by atoms with Crippen LogP contribution in [-0.4, -0.2) is 27.6 Å². The van der Waals surface area contributed by atoms with Gasteiger partial charge < -0.3 is 10.1 Å². The summed E-state index contributed by atoms with van der Waals surface area (Å²) < 4.78 is 6.94. The summed E-state index contributed by atoms with van der Waals surface area (Å²) in [5.41, 5.74) is 3.11. The molecule has 0 fully saturated rings. The number of nitrogens with zero attached hydrogens (tertiary/aromatic N) is 3. The zero-order chi connectivity index (χ0) is 14.6. The van der Waals surface area contributed by atoms with Crippen molar-refractivity contribution in [3.05, 3.63) is 41.7 Å². The van der Waals surface area contributed by atoms with Gasteiger partial charge in [-0.3, -0.25) is 0 Å². The Bertz CT molecular complexity index is 557. The number of ether oxygens (including phenoxy) is 1. The van der Waals surface area contributed by atoms with Crippen molar-refractivity contribution in [2.24, 2.45) is 0 Å². The molecule has 5 nitrogen and oxygen atoms in total. The van der Waals surface area contributed by atoms with Crippen LogP contribution in [0.1, 0.15) is 32.0 Å². The first-order valence-corrected chi connectivity index (χ1v) is 6.72. The van der Waals surface area contributed by atoms with Gasteiger partial charge in [-0.2, -0.15) is 0 Å². The fraction of sp³-hybridized carbons (Fsp3) is 0.467. The molecule has 0 bridgehead atoms. The Balaban J connectivity index is 2.10. The summed E-state index contributed by atoms with van der Waals surface area (Å²) in [6.07, 6.45) is 1.95. The molecule has 0 saturated heterocycles. The van der Waals surface area contributed by atoms with E-state index in [0.717, 1.165) is 16.9 Å². The summed E-state index contributed by atoms with van der Waals surface area (Å²) in [6, 6.07) is 8.10. The van der Waals surface area contributed by atoms with E-state index in [1.165, 1.54) is 0 Å². The van der Waals surface area contributed by atoms with Crippen LogP contribution in [-0.2, 0) is 17.9 Å². The van der Waals surface area contributed by atoms with Crippen LogP contribution >= 0.6 is 0 Å². The number of methoxy groups -OCH3 is 1. The third-order valence-electron chi connectivity index (χ3n) is 2.83. The van der Waals surface area contributed by atoms with E-state index in [0.29, 0.717) is 13.2 Å². The van der Waals surface area contributed by atoms with Crippen LogP contribution < -0.4 is 5.32 Å². The van der Waals surface area contributed by atoms with E-state index < -0.39 is 0 Å². The topological polar surface area (TPSA) is 52.0 Å². The van der Waals surface area contributed by atoms with E-state index >= 15 is 0 Å². The van der Waals surface area contributed by atoms with Crippen molar-refractivity contribution in [2.75, 3.05) is 7.11 Å². The highest BCUT2D eigenvalue weighted by atomic mass is 16.5. The molecule has 1 heterocycles. The van der Waals surface area contributed by atoms with Crippen LogP contribution in [0.2, 0.25) is 0 Å². The maximum Gasteiger partial charge on any atom is 0.0969 e. The largest absolute Gasteiger partial charge is 0.380 e. The smallest absolute Gasteiger partial charge is 0.0969 e. The Morgan fingerprint density at radius 1 is 1.30 bits per heavy atom. The van der Waals surface area contributed by atoms with Gasteiger partial charge in [-0.25, -0.2) is 4.68 Å². The Morgan fingerprint density at radius 2 is 2.10 bits per heavy atom. The summed E-state index contributed by atoms with van der Waals surface area (Å²) in [5, 5.41) is 11.8. The third-order valence-corrected chi connectivity index (χ3v) is 2.83. The van der Waals surface area contributed by atoms with Crippen molar-refractivity contribution in [3.8, 4) is 5.69 Å². The lowest BCUT2D eigenvalue weighted by atomic mass is 10.1. The molecule has 1 aromatic carbocycles. The highest BCUT2D eigenvalue weighted by molar-refractivity contribution is 5.34. The predicted octanol–water partition coefficient (Wildman–Crippen LogP) is 2.30. The third kappa shape index (κ3) is 4.15. The van der Waals surface area contributed by atoms with Crippen LogP contribution in [0.3, 0.4) is 0 Å². The summed E-state index contributed by atoms with van der Waals surface area (Å²) >= 11 is 0. The molecule has 2 aromatic rings. The van der Waals surface area contributed by atoms with Crippen LogP contribution in [0.15, 0.2) is 30.5 Å². The standard InChI is InChI=1S/C15H22N4O/c1-15(2,3)16-9-13-10-19(18-17-13)14-7-5-6-12(8-14)11-20-4/h5-8,10,16H,9,11H2,1-4H3. The number of benzene rings is 1. The van der Waals surface area contributed by atoms with E-state index in [4.69, 9.17) is 4.74 Å². The molecule has 2 rings (SSSR count). The molecule has 0 radical (unpaired) electrons. The van der Waals surface area contributed by atoms with E-state index in [1.54, 1.807) is 11.8 Å². The first kappa shape index (κ1) is 14.7. The van der Waals surface area contributed by atoms with Gasteiger partial charge in [0.25, 0.3) is 0 Å². The SMILES string of the molecule is COCc1cccc(-n2cc(CNC(C)(C)C)nn2)c1. The number of nitrogens with one attached hydrogen (secondary N) is 1. The molecule has 0 aliphatic rings. The van der Waals surface area contributed by atoms with Gasteiger partial charge in [-0.05, 0) is 38.5 Å². The molecular weight excluding hydrogens is 252 g/mol. The lowest BCUT2D eigenvalue weighted by Crippen LogP contribution is -2.35. The van der Waals surface area contributed by atoms with E-state index in [9.17, 15) is 0 Å². The highest BCUT2D eigenvalue weighted by Crippen LogP contribution is 2.11. The summed E-state index contributed by atoms with van der Waals surface area (Å²) in [6.45, 7) is 7.70. The zero-order valence-corrected chi connectivity index (χ0v) is 12.6. The van der Waals surface area contributed by atoms with Crippen LogP contribution in [0.25, 0.3) is 5.69 Å². The van der Waals surface area contributed by atoms with E-state index in [-0.39, 0.29) is 5.54 Å². The molecule has 20 heavy (non-hydrogen) atoms. The second-order valence-electron chi connectivity index (χ2n) is 5.86. The maximum atomic E-state index is 5.14. The van der Waals surface area contributed by atoms with Gasteiger partial charge >= 0.3 is 0 Å². The molecular formula is C15H22N4O. The van der Waals surface area contributed by atoms with Gasteiger partial charge in [-0.1, -0.05) is 17.3 Å². The second kappa shape index (κ2) is 6.15. The molecule has 108 valence electrons. The lowest BCUT2D eigenvalue weighted by molar-refractivity contribution is 0.185. The van der Waals surface area contributed by atoms with Gasteiger partial charge in [0.05, 0.1) is 24.2 Å². The Kier molecular flexibility index (Phi) is 4.52. The van der Waals surface area contributed by atoms with Gasteiger partial charge in [0.1, 0.15) is 0 Å². The number of rotatable bonds is 5. The van der Waals surface area contributed by atoms with E-state index in [1.807, 2.05) is 24.4 Å². The first-order chi connectivity index (χ1) is 9.48. The zero-order valence-electron chi connectivity index (χ0n) is 12.6. The van der Waals surface area contributed by atoms with Crippen molar-refractivity contribution >= 4 is 0 Å².